The fourth-order valence-corrected chi connectivity index (χ4v) is 5.25. The molecule has 5 nitrogen and oxygen atoms in total. The molecule has 0 bridgehead atoms. The number of thiazole rings is 1. The van der Waals surface area contributed by atoms with Crippen LogP contribution >= 0.6 is 27.3 Å². The van der Waals surface area contributed by atoms with Gasteiger partial charge >= 0.3 is 0 Å². The average molecular weight is 448 g/mol. The van der Waals surface area contributed by atoms with Crippen LogP contribution in [0.2, 0.25) is 0 Å². The monoisotopic (exact) mass is 447 g/mol. The molecule has 1 saturated carbocycles. The average Bonchev–Trinajstić information content (AvgIpc) is 3.24. The molecular weight excluding hydrogens is 426 g/mol. The summed E-state index contributed by atoms with van der Waals surface area (Å²) in [6.07, 6.45) is 8.38. The molecule has 0 spiro atoms. The highest BCUT2D eigenvalue weighted by atomic mass is 79.9. The van der Waals surface area contributed by atoms with Crippen molar-refractivity contribution >= 4 is 44.2 Å². The number of aromatic nitrogens is 1. The van der Waals surface area contributed by atoms with Gasteiger partial charge in [-0.05, 0) is 39.9 Å². The first-order valence-corrected chi connectivity index (χ1v) is 11.0. The number of hydrogen-bond donors (Lipinski definition) is 1. The van der Waals surface area contributed by atoms with Crippen molar-refractivity contribution in [2.24, 2.45) is 5.92 Å². The van der Waals surface area contributed by atoms with Gasteiger partial charge in [0.15, 0.2) is 5.13 Å². The highest BCUT2D eigenvalue weighted by Gasteiger charge is 2.37. The van der Waals surface area contributed by atoms with Gasteiger partial charge in [-0.15, -0.1) is 0 Å². The number of benzene rings is 1. The number of amides is 2. The lowest BCUT2D eigenvalue weighted by Crippen LogP contribution is -2.45. The predicted octanol–water partition coefficient (Wildman–Crippen LogP) is 4.84. The molecule has 1 aliphatic heterocycles. The van der Waals surface area contributed by atoms with Crippen molar-refractivity contribution in [1.82, 2.24) is 9.88 Å². The van der Waals surface area contributed by atoms with E-state index in [1.54, 1.807) is 11.1 Å². The Morgan fingerprint density at radius 3 is 2.78 bits per heavy atom. The number of nitrogens with zero attached hydrogens (tertiary/aromatic N) is 2. The topological polar surface area (TPSA) is 62.3 Å². The molecule has 1 fully saturated rings. The van der Waals surface area contributed by atoms with Gasteiger partial charge in [0.25, 0.3) is 5.91 Å². The Kier molecular flexibility index (Phi) is 5.59. The molecule has 1 N–H and O–H groups in total. The van der Waals surface area contributed by atoms with Crippen LogP contribution in [0.1, 0.15) is 54.4 Å². The second kappa shape index (κ2) is 8.10. The lowest BCUT2D eigenvalue weighted by Gasteiger charge is -2.31. The van der Waals surface area contributed by atoms with Crippen LogP contribution in [0.3, 0.4) is 0 Å². The van der Waals surface area contributed by atoms with E-state index in [0.717, 1.165) is 34.2 Å². The summed E-state index contributed by atoms with van der Waals surface area (Å²) in [6.45, 7) is 0.501. The van der Waals surface area contributed by atoms with Crippen molar-refractivity contribution in [2.75, 3.05) is 5.32 Å². The van der Waals surface area contributed by atoms with Gasteiger partial charge in [-0.25, -0.2) is 4.98 Å². The lowest BCUT2D eigenvalue weighted by molar-refractivity contribution is -0.121. The number of anilines is 1. The third-order valence-electron chi connectivity index (χ3n) is 5.52. The molecule has 2 heterocycles. The highest BCUT2D eigenvalue weighted by Crippen LogP contribution is 2.33. The van der Waals surface area contributed by atoms with Crippen molar-refractivity contribution in [3.05, 3.63) is 45.4 Å². The Bertz CT molecular complexity index is 847. The fourth-order valence-electron chi connectivity index (χ4n) is 4.14. The highest BCUT2D eigenvalue weighted by molar-refractivity contribution is 9.11. The summed E-state index contributed by atoms with van der Waals surface area (Å²) in [5.74, 6) is 0.319. The van der Waals surface area contributed by atoms with Gasteiger partial charge in [0.2, 0.25) is 5.91 Å². The van der Waals surface area contributed by atoms with Crippen LogP contribution in [0.25, 0.3) is 0 Å². The molecule has 1 atom stereocenters. The van der Waals surface area contributed by atoms with Crippen LogP contribution in [-0.2, 0) is 11.3 Å². The Morgan fingerprint density at radius 2 is 2.07 bits per heavy atom. The fraction of sp³-hybridized carbons (Fsp3) is 0.450. The van der Waals surface area contributed by atoms with Crippen LogP contribution in [0.5, 0.6) is 0 Å². The Balaban J connectivity index is 1.56. The van der Waals surface area contributed by atoms with E-state index in [9.17, 15) is 9.59 Å². The maximum absolute atomic E-state index is 13.1. The van der Waals surface area contributed by atoms with E-state index in [4.69, 9.17) is 0 Å². The third kappa shape index (κ3) is 4.09. The summed E-state index contributed by atoms with van der Waals surface area (Å²) in [7, 11) is 0. The Hall–Kier alpha value is -1.73. The molecule has 2 aliphatic rings. The van der Waals surface area contributed by atoms with E-state index in [-0.39, 0.29) is 11.8 Å². The van der Waals surface area contributed by atoms with E-state index >= 15 is 0 Å². The molecule has 27 heavy (non-hydrogen) atoms. The molecule has 1 unspecified atom stereocenters. The summed E-state index contributed by atoms with van der Waals surface area (Å²) < 4.78 is 0.867. The molecule has 0 radical (unpaired) electrons. The second-order valence-corrected chi connectivity index (χ2v) is 9.71. The zero-order valence-corrected chi connectivity index (χ0v) is 17.4. The maximum Gasteiger partial charge on any atom is 0.255 e. The van der Waals surface area contributed by atoms with E-state index in [2.05, 4.69) is 26.2 Å². The molecule has 0 saturated heterocycles. The molecule has 2 aromatic rings. The summed E-state index contributed by atoms with van der Waals surface area (Å²) in [6, 6.07) is 7.18. The van der Waals surface area contributed by atoms with E-state index in [1.165, 1.54) is 30.6 Å². The molecular formula is C20H22BrN3O2S. The summed E-state index contributed by atoms with van der Waals surface area (Å²) in [5.41, 5.74) is 1.72. The van der Waals surface area contributed by atoms with E-state index in [1.807, 2.05) is 24.3 Å². The largest absolute Gasteiger partial charge is 0.322 e. The first-order chi connectivity index (χ1) is 13.1. The standard InChI is InChI=1S/C20H22BrN3O2S/c21-17-11-22-20(27-17)23-18(25)16(10-13-6-2-1-3-7-13)24-12-14-8-4-5-9-15(14)19(24)26/h4-5,8-9,11,13,16H,1-3,6-7,10,12H2,(H,22,23,25). The first kappa shape index (κ1) is 18.6. The number of carbonyl (C=O) groups excluding carboxylic acids is 2. The van der Waals surface area contributed by atoms with Gasteiger partial charge in [-0.1, -0.05) is 61.6 Å². The van der Waals surface area contributed by atoms with Crippen molar-refractivity contribution in [1.29, 1.82) is 0 Å². The van der Waals surface area contributed by atoms with Crippen LogP contribution in [0.15, 0.2) is 34.2 Å². The molecule has 2 amide bonds. The quantitative estimate of drug-likeness (QED) is 0.712. The normalized spacial score (nSPS) is 18.4. The van der Waals surface area contributed by atoms with E-state index < -0.39 is 6.04 Å². The molecule has 142 valence electrons. The Labute approximate surface area is 171 Å². The molecule has 1 aromatic carbocycles. The van der Waals surface area contributed by atoms with Gasteiger partial charge in [0.1, 0.15) is 6.04 Å². The third-order valence-corrected chi connectivity index (χ3v) is 6.91. The number of halogens is 1. The van der Waals surface area contributed by atoms with Crippen LogP contribution in [0.4, 0.5) is 5.13 Å². The van der Waals surface area contributed by atoms with Crippen LogP contribution in [-0.4, -0.2) is 27.7 Å². The van der Waals surface area contributed by atoms with Gasteiger partial charge < -0.3 is 10.2 Å². The van der Waals surface area contributed by atoms with Gasteiger partial charge in [0, 0.05) is 12.1 Å². The van der Waals surface area contributed by atoms with Crippen molar-refractivity contribution in [2.45, 2.75) is 51.1 Å². The van der Waals surface area contributed by atoms with Gasteiger partial charge in [-0.2, -0.15) is 0 Å². The number of rotatable bonds is 5. The lowest BCUT2D eigenvalue weighted by atomic mass is 9.84. The van der Waals surface area contributed by atoms with Crippen molar-refractivity contribution in [3.63, 3.8) is 0 Å². The molecule has 1 aromatic heterocycles. The predicted molar refractivity (Wildman–Crippen MR) is 110 cm³/mol. The summed E-state index contributed by atoms with van der Waals surface area (Å²) in [5, 5.41) is 3.48. The minimum Gasteiger partial charge on any atom is -0.322 e. The zero-order valence-electron chi connectivity index (χ0n) is 15.0. The number of hydrogen-bond acceptors (Lipinski definition) is 4. The molecule has 7 heteroatoms. The minimum absolute atomic E-state index is 0.0399. The molecule has 4 rings (SSSR count). The van der Waals surface area contributed by atoms with Crippen LogP contribution in [0, 0.1) is 5.92 Å². The zero-order chi connectivity index (χ0) is 18.8. The smallest absolute Gasteiger partial charge is 0.255 e. The van der Waals surface area contributed by atoms with Crippen molar-refractivity contribution < 1.29 is 9.59 Å². The summed E-state index contributed by atoms with van der Waals surface area (Å²) in [4.78, 5) is 32.0. The SMILES string of the molecule is O=C(Nc1ncc(Br)s1)C(CC1CCCCC1)N1Cc2ccccc2C1=O. The van der Waals surface area contributed by atoms with E-state index in [0.29, 0.717) is 17.6 Å². The van der Waals surface area contributed by atoms with Gasteiger partial charge in [0.05, 0.1) is 9.98 Å². The van der Waals surface area contributed by atoms with Gasteiger partial charge in [-0.3, -0.25) is 9.59 Å². The number of fused-ring (bicyclic) bond motifs is 1. The second-order valence-electron chi connectivity index (χ2n) is 7.30. The first-order valence-electron chi connectivity index (χ1n) is 9.43. The number of nitrogens with one attached hydrogen (secondary N) is 1. The van der Waals surface area contributed by atoms with Crippen LogP contribution < -0.4 is 5.32 Å². The maximum atomic E-state index is 13.1. The minimum atomic E-state index is -0.462. The Morgan fingerprint density at radius 1 is 1.30 bits per heavy atom. The summed E-state index contributed by atoms with van der Waals surface area (Å²) >= 11 is 4.75. The number of carbonyl (C=O) groups is 2. The van der Waals surface area contributed by atoms with Crippen molar-refractivity contribution in [3.8, 4) is 0 Å². The molecule has 1 aliphatic carbocycles.